The Morgan fingerprint density at radius 1 is 1.39 bits per heavy atom. The Hall–Kier alpha value is -3.60. The number of aliphatic hydroxyl groups excluding tert-OH is 1. The molecule has 11 heteroatoms. The molecule has 0 fully saturated rings. The van der Waals surface area contributed by atoms with Gasteiger partial charge in [0, 0.05) is 18.6 Å². The lowest BCUT2D eigenvalue weighted by molar-refractivity contribution is -0.0497. The molecule has 0 saturated carbocycles. The minimum absolute atomic E-state index is 0.00117. The van der Waals surface area contributed by atoms with Crippen LogP contribution < -0.4 is 10.1 Å². The summed E-state index contributed by atoms with van der Waals surface area (Å²) in [6, 6.07) is 4.53. The zero-order valence-electron chi connectivity index (χ0n) is 17.0. The lowest BCUT2D eigenvalue weighted by Gasteiger charge is -2.23. The van der Waals surface area contributed by atoms with Crippen LogP contribution >= 0.6 is 0 Å². The molecule has 9 nitrogen and oxygen atoms in total. The fourth-order valence-electron chi connectivity index (χ4n) is 3.20. The molecule has 0 atom stereocenters. The molecule has 4 rings (SSSR count). The molecule has 0 radical (unpaired) electrons. The molecule has 31 heavy (non-hydrogen) atoms. The van der Waals surface area contributed by atoms with E-state index in [4.69, 9.17) is 0 Å². The number of aromatic amines is 1. The van der Waals surface area contributed by atoms with Gasteiger partial charge in [0.15, 0.2) is 5.65 Å². The van der Waals surface area contributed by atoms with Crippen molar-refractivity contribution in [2.45, 2.75) is 26.0 Å². The first-order valence-electron chi connectivity index (χ1n) is 9.38. The van der Waals surface area contributed by atoms with E-state index in [1.165, 1.54) is 24.5 Å². The number of hydrogen-bond acceptors (Lipinski definition) is 6. The van der Waals surface area contributed by atoms with Crippen LogP contribution in [0.3, 0.4) is 0 Å². The van der Waals surface area contributed by atoms with E-state index in [9.17, 15) is 18.7 Å². The van der Waals surface area contributed by atoms with Gasteiger partial charge in [-0.05, 0) is 32.0 Å². The van der Waals surface area contributed by atoms with Crippen molar-refractivity contribution in [1.29, 1.82) is 0 Å². The van der Waals surface area contributed by atoms with Crippen LogP contribution in [0.4, 0.5) is 8.78 Å². The summed E-state index contributed by atoms with van der Waals surface area (Å²) in [4.78, 5) is 24.5. The van der Waals surface area contributed by atoms with Crippen molar-refractivity contribution in [3.8, 4) is 17.1 Å². The molecule has 1 amide bonds. The monoisotopic (exact) mass is 430 g/mol. The van der Waals surface area contributed by atoms with E-state index in [0.29, 0.717) is 33.5 Å². The summed E-state index contributed by atoms with van der Waals surface area (Å²) in [7, 11) is 1.72. The van der Waals surface area contributed by atoms with Crippen molar-refractivity contribution < 1.29 is 23.4 Å². The number of H-pyrrole nitrogens is 1. The molecule has 0 aliphatic carbocycles. The number of fused-ring (bicyclic) bond motifs is 2. The standard InChI is InChI=1S/C20H20F2N6O3/c1-20(2,9-29)26-18(30)12-7-23-17-16(12)25-13(8-24-17)15-11-6-10(31-19(21)22)4-5-14(11)28(3)27-15/h4-8,19,29H,9H2,1-3H3,(H,23,24)(H,26,30). The van der Waals surface area contributed by atoms with Gasteiger partial charge in [0.25, 0.3) is 5.91 Å². The quantitative estimate of drug-likeness (QED) is 0.433. The summed E-state index contributed by atoms with van der Waals surface area (Å²) in [6.07, 6.45) is 2.98. The van der Waals surface area contributed by atoms with Gasteiger partial charge in [0.05, 0.1) is 29.4 Å². The zero-order valence-corrected chi connectivity index (χ0v) is 17.0. The average molecular weight is 430 g/mol. The predicted octanol–water partition coefficient (Wildman–Crippen LogP) is 2.61. The summed E-state index contributed by atoms with van der Waals surface area (Å²) in [5, 5.41) is 17.1. The molecule has 3 heterocycles. The molecule has 3 aromatic heterocycles. The van der Waals surface area contributed by atoms with E-state index in [2.05, 4.69) is 30.1 Å². The van der Waals surface area contributed by atoms with Crippen LogP contribution in [-0.2, 0) is 7.05 Å². The average Bonchev–Trinajstić information content (AvgIpc) is 3.28. The number of rotatable bonds is 6. The molecular formula is C20H20F2N6O3. The largest absolute Gasteiger partial charge is 0.435 e. The smallest absolute Gasteiger partial charge is 0.387 e. The molecule has 0 spiro atoms. The van der Waals surface area contributed by atoms with E-state index in [0.717, 1.165) is 0 Å². The van der Waals surface area contributed by atoms with Crippen molar-refractivity contribution in [3.05, 3.63) is 36.2 Å². The Balaban J connectivity index is 1.80. The number of carbonyl (C=O) groups is 1. The lowest BCUT2D eigenvalue weighted by atomic mass is 10.1. The second-order valence-electron chi connectivity index (χ2n) is 7.68. The molecule has 0 aliphatic heterocycles. The number of aryl methyl sites for hydroxylation is 1. The van der Waals surface area contributed by atoms with E-state index < -0.39 is 18.1 Å². The third-order valence-electron chi connectivity index (χ3n) is 4.76. The highest BCUT2D eigenvalue weighted by Crippen LogP contribution is 2.31. The number of nitrogens with zero attached hydrogens (tertiary/aromatic N) is 4. The Bertz CT molecular complexity index is 1280. The molecular weight excluding hydrogens is 410 g/mol. The van der Waals surface area contributed by atoms with E-state index in [1.807, 2.05) is 0 Å². The first kappa shape index (κ1) is 20.7. The maximum atomic E-state index is 12.7. The minimum atomic E-state index is -2.95. The number of carbonyl (C=O) groups excluding carboxylic acids is 1. The highest BCUT2D eigenvalue weighted by molar-refractivity contribution is 6.05. The second-order valence-corrected chi connectivity index (χ2v) is 7.68. The van der Waals surface area contributed by atoms with Crippen LogP contribution in [0.2, 0.25) is 0 Å². The van der Waals surface area contributed by atoms with Crippen molar-refractivity contribution in [1.82, 2.24) is 30.0 Å². The van der Waals surface area contributed by atoms with Crippen LogP contribution in [0, 0.1) is 0 Å². The summed E-state index contributed by atoms with van der Waals surface area (Å²) >= 11 is 0. The van der Waals surface area contributed by atoms with E-state index in [-0.39, 0.29) is 17.9 Å². The minimum Gasteiger partial charge on any atom is -0.435 e. The van der Waals surface area contributed by atoms with Gasteiger partial charge in [-0.25, -0.2) is 9.97 Å². The number of nitrogens with one attached hydrogen (secondary N) is 2. The lowest BCUT2D eigenvalue weighted by Crippen LogP contribution is -2.46. The topological polar surface area (TPSA) is 118 Å². The predicted molar refractivity (Wildman–Crippen MR) is 109 cm³/mol. The maximum absolute atomic E-state index is 12.7. The summed E-state index contributed by atoms with van der Waals surface area (Å²) in [6.45, 7) is 0.199. The first-order valence-corrected chi connectivity index (χ1v) is 9.38. The van der Waals surface area contributed by atoms with Crippen molar-refractivity contribution in [3.63, 3.8) is 0 Å². The van der Waals surface area contributed by atoms with E-state index >= 15 is 0 Å². The van der Waals surface area contributed by atoms with Gasteiger partial charge in [-0.1, -0.05) is 0 Å². The van der Waals surface area contributed by atoms with Crippen LogP contribution in [0.5, 0.6) is 5.75 Å². The van der Waals surface area contributed by atoms with Crippen LogP contribution in [0.1, 0.15) is 24.2 Å². The Morgan fingerprint density at radius 3 is 2.87 bits per heavy atom. The normalized spacial score (nSPS) is 12.1. The number of ether oxygens (including phenoxy) is 1. The molecule has 1 aromatic carbocycles. The number of hydrogen-bond donors (Lipinski definition) is 3. The number of halogens is 2. The van der Waals surface area contributed by atoms with Gasteiger partial charge in [0.1, 0.15) is 22.7 Å². The Labute approximate surface area is 175 Å². The van der Waals surface area contributed by atoms with Gasteiger partial charge in [-0.15, -0.1) is 0 Å². The number of aromatic nitrogens is 5. The van der Waals surface area contributed by atoms with Crippen LogP contribution in [0.25, 0.3) is 33.5 Å². The molecule has 0 aliphatic rings. The number of amides is 1. The van der Waals surface area contributed by atoms with Gasteiger partial charge < -0.3 is 20.1 Å². The fraction of sp³-hybridized carbons (Fsp3) is 0.300. The highest BCUT2D eigenvalue weighted by Gasteiger charge is 2.23. The van der Waals surface area contributed by atoms with Crippen molar-refractivity contribution in [2.75, 3.05) is 6.61 Å². The second kappa shape index (κ2) is 7.58. The highest BCUT2D eigenvalue weighted by atomic mass is 19.3. The Kier molecular flexibility index (Phi) is 5.05. The van der Waals surface area contributed by atoms with Gasteiger partial charge >= 0.3 is 6.61 Å². The van der Waals surface area contributed by atoms with Gasteiger partial charge in [-0.2, -0.15) is 13.9 Å². The molecule has 4 aromatic rings. The van der Waals surface area contributed by atoms with Crippen LogP contribution in [-0.4, -0.2) is 54.5 Å². The first-order chi connectivity index (χ1) is 14.7. The third-order valence-corrected chi connectivity index (χ3v) is 4.76. The molecule has 0 saturated heterocycles. The van der Waals surface area contributed by atoms with E-state index in [1.54, 1.807) is 31.6 Å². The fourth-order valence-corrected chi connectivity index (χ4v) is 3.20. The Morgan fingerprint density at radius 2 is 2.16 bits per heavy atom. The SMILES string of the molecule is Cn1nc(-c2cnc3[nH]cc(C(=O)NC(C)(C)CO)c3n2)c2cc(OC(F)F)ccc21. The summed E-state index contributed by atoms with van der Waals surface area (Å²) < 4.78 is 31.4. The number of aliphatic hydroxyl groups is 1. The summed E-state index contributed by atoms with van der Waals surface area (Å²) in [5.74, 6) is -0.422. The molecule has 0 unspecified atom stereocenters. The van der Waals surface area contributed by atoms with Crippen molar-refractivity contribution >= 4 is 28.0 Å². The molecule has 0 bridgehead atoms. The molecule has 162 valence electrons. The number of benzene rings is 1. The van der Waals surface area contributed by atoms with Crippen molar-refractivity contribution in [2.24, 2.45) is 7.05 Å². The third kappa shape index (κ3) is 3.91. The summed E-state index contributed by atoms with van der Waals surface area (Å²) in [5.41, 5.74) is 1.63. The van der Waals surface area contributed by atoms with Gasteiger partial charge in [-0.3, -0.25) is 9.48 Å². The maximum Gasteiger partial charge on any atom is 0.387 e. The zero-order chi connectivity index (χ0) is 22.3. The van der Waals surface area contributed by atoms with Gasteiger partial charge in [0.2, 0.25) is 0 Å². The molecule has 3 N–H and O–H groups in total. The number of alkyl halides is 2. The van der Waals surface area contributed by atoms with Crippen LogP contribution in [0.15, 0.2) is 30.6 Å².